The van der Waals surface area contributed by atoms with Crippen LogP contribution in [0.15, 0.2) is 35.9 Å². The maximum absolute atomic E-state index is 11.6. The second-order valence-corrected chi connectivity index (χ2v) is 12.0. The van der Waals surface area contributed by atoms with E-state index >= 15 is 0 Å². The minimum absolute atomic E-state index is 0.271. The highest BCUT2D eigenvalue weighted by Crippen LogP contribution is 2.50. The van der Waals surface area contributed by atoms with Gasteiger partial charge in [-0.2, -0.15) is 0 Å². The third kappa shape index (κ3) is 5.12. The molecule has 3 aliphatic rings. The average Bonchev–Trinajstić information content (AvgIpc) is 3.42. The van der Waals surface area contributed by atoms with Gasteiger partial charge in [0.2, 0.25) is 0 Å². The molecule has 2 saturated carbocycles. The lowest BCUT2D eigenvalue weighted by molar-refractivity contribution is -0.0785. The van der Waals surface area contributed by atoms with Crippen LogP contribution in [0, 0.1) is 11.3 Å². The Hall–Kier alpha value is -1.17. The topological polar surface area (TPSA) is 49.4 Å². The second kappa shape index (κ2) is 8.52. The minimum atomic E-state index is -2.81. The summed E-state index contributed by atoms with van der Waals surface area (Å²) in [4.78, 5) is 2.44. The van der Waals surface area contributed by atoms with Crippen LogP contribution in [0.25, 0.3) is 6.08 Å². The van der Waals surface area contributed by atoms with Gasteiger partial charge in [0.15, 0.2) is 0 Å². The molecule has 1 aromatic carbocycles. The molecule has 160 valence electrons. The molecule has 1 spiro atoms. The van der Waals surface area contributed by atoms with Crippen molar-refractivity contribution < 1.29 is 8.42 Å². The predicted molar refractivity (Wildman–Crippen MR) is 121 cm³/mol. The summed E-state index contributed by atoms with van der Waals surface area (Å²) in [6.07, 6.45) is 8.18. The lowest BCUT2D eigenvalue weighted by Crippen LogP contribution is -2.66. The molecule has 1 aromatic rings. The van der Waals surface area contributed by atoms with Crippen LogP contribution in [-0.4, -0.2) is 56.5 Å². The summed E-state index contributed by atoms with van der Waals surface area (Å²) in [5.74, 6) is 1.33. The standard InChI is InChI=1S/C24H36N2O2S/c1-3-20(13-19-9-6-5-7-10-19)22-14-23(22)25-21-15-24(16-21)17-26(18-24)11-8-12-29(27,28)4-2/h5-7,9-10,13,21-23,25H,3-4,8,11-12,14-18H2,1-2H3/b20-13+/t22-,23+/m1/s1. The van der Waals surface area contributed by atoms with Gasteiger partial charge in [0, 0.05) is 30.9 Å². The number of nitrogens with zero attached hydrogens (tertiary/aromatic N) is 1. The Morgan fingerprint density at radius 2 is 1.93 bits per heavy atom. The molecular formula is C24H36N2O2S. The molecule has 0 bridgehead atoms. The molecule has 2 atom stereocenters. The molecule has 1 heterocycles. The van der Waals surface area contributed by atoms with Crippen molar-refractivity contribution in [3.05, 3.63) is 41.5 Å². The number of hydrogen-bond donors (Lipinski definition) is 1. The molecule has 1 N–H and O–H groups in total. The van der Waals surface area contributed by atoms with E-state index in [0.717, 1.165) is 25.3 Å². The zero-order chi connectivity index (χ0) is 20.5. The lowest BCUT2D eigenvalue weighted by Gasteiger charge is -2.59. The van der Waals surface area contributed by atoms with E-state index in [4.69, 9.17) is 0 Å². The Morgan fingerprint density at radius 3 is 2.59 bits per heavy atom. The highest BCUT2D eigenvalue weighted by Gasteiger charge is 2.53. The first-order valence-electron chi connectivity index (χ1n) is 11.4. The zero-order valence-corrected chi connectivity index (χ0v) is 18.8. The summed E-state index contributed by atoms with van der Waals surface area (Å²) in [7, 11) is -2.81. The van der Waals surface area contributed by atoms with Crippen LogP contribution in [-0.2, 0) is 9.84 Å². The van der Waals surface area contributed by atoms with E-state index in [1.807, 2.05) is 0 Å². The van der Waals surface area contributed by atoms with Crippen molar-refractivity contribution in [2.24, 2.45) is 11.3 Å². The van der Waals surface area contributed by atoms with Gasteiger partial charge in [-0.3, -0.25) is 0 Å². The fourth-order valence-electron chi connectivity index (χ4n) is 5.40. The van der Waals surface area contributed by atoms with Gasteiger partial charge in [0.25, 0.3) is 0 Å². The average molecular weight is 417 g/mol. The molecule has 5 heteroatoms. The summed E-state index contributed by atoms with van der Waals surface area (Å²) < 4.78 is 23.2. The third-order valence-corrected chi connectivity index (χ3v) is 8.91. The highest BCUT2D eigenvalue weighted by molar-refractivity contribution is 7.91. The summed E-state index contributed by atoms with van der Waals surface area (Å²) in [6.45, 7) is 7.28. The third-order valence-electron chi connectivity index (χ3n) is 7.12. The van der Waals surface area contributed by atoms with E-state index in [-0.39, 0.29) is 5.75 Å². The van der Waals surface area contributed by atoms with E-state index in [9.17, 15) is 8.42 Å². The van der Waals surface area contributed by atoms with Crippen LogP contribution in [0.2, 0.25) is 0 Å². The number of nitrogens with one attached hydrogen (secondary N) is 1. The normalized spacial score (nSPS) is 26.9. The van der Waals surface area contributed by atoms with Gasteiger partial charge in [-0.25, -0.2) is 8.42 Å². The number of rotatable bonds is 10. The molecule has 3 fully saturated rings. The monoisotopic (exact) mass is 416 g/mol. The van der Waals surface area contributed by atoms with Crippen molar-refractivity contribution in [1.82, 2.24) is 10.2 Å². The van der Waals surface area contributed by atoms with E-state index in [0.29, 0.717) is 23.3 Å². The van der Waals surface area contributed by atoms with Crippen LogP contribution in [0.1, 0.15) is 51.5 Å². The van der Waals surface area contributed by atoms with Crippen molar-refractivity contribution in [3.8, 4) is 0 Å². The van der Waals surface area contributed by atoms with Crippen molar-refractivity contribution >= 4 is 15.9 Å². The van der Waals surface area contributed by atoms with Gasteiger partial charge >= 0.3 is 0 Å². The number of likely N-dealkylation sites (tertiary alicyclic amines) is 1. The molecule has 0 radical (unpaired) electrons. The Bertz CT molecular complexity index is 820. The second-order valence-electron chi connectivity index (χ2n) is 9.50. The smallest absolute Gasteiger partial charge is 0.150 e. The molecule has 2 aliphatic carbocycles. The highest BCUT2D eigenvalue weighted by atomic mass is 32.2. The first-order valence-corrected chi connectivity index (χ1v) is 13.2. The molecule has 0 unspecified atom stereocenters. The Balaban J connectivity index is 1.15. The molecule has 0 amide bonds. The summed E-state index contributed by atoms with van der Waals surface area (Å²) in [5, 5.41) is 3.91. The van der Waals surface area contributed by atoms with E-state index in [1.54, 1.807) is 12.5 Å². The summed E-state index contributed by atoms with van der Waals surface area (Å²) in [6, 6.07) is 12.0. The summed E-state index contributed by atoms with van der Waals surface area (Å²) in [5.41, 5.74) is 3.43. The first kappa shape index (κ1) is 21.1. The maximum atomic E-state index is 11.6. The SMILES string of the molecule is CC/C(=C\c1ccccc1)[C@H]1C[C@@H]1NC1CC2(C1)CN(CCCS(=O)(=O)CC)C2. The van der Waals surface area contributed by atoms with Crippen LogP contribution < -0.4 is 5.32 Å². The van der Waals surface area contributed by atoms with Crippen molar-refractivity contribution in [3.63, 3.8) is 0 Å². The van der Waals surface area contributed by atoms with E-state index in [2.05, 4.69) is 53.5 Å². The van der Waals surface area contributed by atoms with Gasteiger partial charge in [0.05, 0.1) is 5.75 Å². The van der Waals surface area contributed by atoms with Crippen molar-refractivity contribution in [1.29, 1.82) is 0 Å². The quantitative estimate of drug-likeness (QED) is 0.631. The van der Waals surface area contributed by atoms with Gasteiger partial charge < -0.3 is 10.2 Å². The fraction of sp³-hybridized carbons (Fsp3) is 0.667. The Labute approximate surface area is 176 Å². The number of sulfone groups is 1. The van der Waals surface area contributed by atoms with Gasteiger partial charge in [-0.15, -0.1) is 0 Å². The molecule has 1 saturated heterocycles. The zero-order valence-electron chi connectivity index (χ0n) is 17.9. The van der Waals surface area contributed by atoms with E-state index < -0.39 is 9.84 Å². The van der Waals surface area contributed by atoms with Crippen LogP contribution in [0.5, 0.6) is 0 Å². The first-order chi connectivity index (χ1) is 13.9. The maximum Gasteiger partial charge on any atom is 0.150 e. The van der Waals surface area contributed by atoms with Crippen molar-refractivity contribution in [2.45, 2.75) is 58.0 Å². The molecule has 4 rings (SSSR count). The van der Waals surface area contributed by atoms with E-state index in [1.165, 1.54) is 37.9 Å². The molecule has 4 nitrogen and oxygen atoms in total. The van der Waals surface area contributed by atoms with Crippen molar-refractivity contribution in [2.75, 3.05) is 31.1 Å². The lowest BCUT2D eigenvalue weighted by atomic mass is 9.60. The Kier molecular flexibility index (Phi) is 6.19. The predicted octanol–water partition coefficient (Wildman–Crippen LogP) is 3.75. The van der Waals surface area contributed by atoms with Crippen LogP contribution in [0.3, 0.4) is 0 Å². The minimum Gasteiger partial charge on any atom is -0.311 e. The fourth-order valence-corrected chi connectivity index (χ4v) is 6.26. The molecular weight excluding hydrogens is 380 g/mol. The van der Waals surface area contributed by atoms with Crippen LogP contribution in [0.4, 0.5) is 0 Å². The molecule has 1 aliphatic heterocycles. The molecule has 29 heavy (non-hydrogen) atoms. The number of hydrogen-bond acceptors (Lipinski definition) is 4. The molecule has 0 aromatic heterocycles. The number of benzene rings is 1. The van der Waals surface area contributed by atoms with Crippen LogP contribution >= 0.6 is 0 Å². The Morgan fingerprint density at radius 1 is 1.21 bits per heavy atom. The largest absolute Gasteiger partial charge is 0.311 e. The van der Waals surface area contributed by atoms with Gasteiger partial charge in [0.1, 0.15) is 9.84 Å². The van der Waals surface area contributed by atoms with Gasteiger partial charge in [-0.1, -0.05) is 55.8 Å². The van der Waals surface area contributed by atoms with Gasteiger partial charge in [-0.05, 0) is 55.5 Å². The summed E-state index contributed by atoms with van der Waals surface area (Å²) >= 11 is 0.